The lowest BCUT2D eigenvalue weighted by atomic mass is 10.2. The molecule has 1 fully saturated rings. The zero-order chi connectivity index (χ0) is 11.8. The van der Waals surface area contributed by atoms with E-state index in [9.17, 15) is 4.79 Å². The van der Waals surface area contributed by atoms with Gasteiger partial charge >= 0.3 is 0 Å². The lowest BCUT2D eigenvalue weighted by Gasteiger charge is -2.29. The van der Waals surface area contributed by atoms with Gasteiger partial charge in [0.1, 0.15) is 5.75 Å². The van der Waals surface area contributed by atoms with Crippen LogP contribution in [-0.2, 0) is 4.79 Å². The molecule has 0 atom stereocenters. The number of ether oxygens (including phenoxy) is 1. The summed E-state index contributed by atoms with van der Waals surface area (Å²) in [4.78, 5) is 13.8. The highest BCUT2D eigenvalue weighted by atomic mass is 127. The molecule has 1 heterocycles. The standard InChI is InChI=1S/C13H14INO2/c14-10-3-4-11-12(7-10)17-8-13(16)15(11)6-5-9-1-2-9/h3-4,7,9H,1-2,5-6,8H2. The van der Waals surface area contributed by atoms with Crippen molar-refractivity contribution in [3.05, 3.63) is 21.8 Å². The van der Waals surface area contributed by atoms with E-state index in [0.717, 1.165) is 33.9 Å². The Morgan fingerprint density at radius 2 is 2.24 bits per heavy atom. The maximum Gasteiger partial charge on any atom is 0.265 e. The van der Waals surface area contributed by atoms with Crippen LogP contribution in [0.3, 0.4) is 0 Å². The van der Waals surface area contributed by atoms with Crippen LogP contribution in [0.4, 0.5) is 5.69 Å². The summed E-state index contributed by atoms with van der Waals surface area (Å²) in [5.41, 5.74) is 0.933. The van der Waals surface area contributed by atoms with E-state index < -0.39 is 0 Å². The van der Waals surface area contributed by atoms with Crippen LogP contribution in [-0.4, -0.2) is 19.1 Å². The van der Waals surface area contributed by atoms with Gasteiger partial charge in [0.2, 0.25) is 0 Å². The molecular formula is C13H14INO2. The van der Waals surface area contributed by atoms with E-state index in [0.29, 0.717) is 0 Å². The van der Waals surface area contributed by atoms with Crippen molar-refractivity contribution in [2.75, 3.05) is 18.1 Å². The maximum absolute atomic E-state index is 11.9. The van der Waals surface area contributed by atoms with Gasteiger partial charge in [-0.25, -0.2) is 0 Å². The van der Waals surface area contributed by atoms with Crippen molar-refractivity contribution < 1.29 is 9.53 Å². The fourth-order valence-electron chi connectivity index (χ4n) is 2.14. The summed E-state index contributed by atoms with van der Waals surface area (Å²) in [5, 5.41) is 0. The van der Waals surface area contributed by atoms with Gasteiger partial charge in [-0.3, -0.25) is 4.79 Å². The Morgan fingerprint density at radius 1 is 1.41 bits per heavy atom. The number of hydrogen-bond acceptors (Lipinski definition) is 2. The van der Waals surface area contributed by atoms with Gasteiger partial charge in [0, 0.05) is 10.1 Å². The minimum absolute atomic E-state index is 0.0827. The molecule has 0 radical (unpaired) electrons. The molecule has 3 nitrogen and oxygen atoms in total. The molecular weight excluding hydrogens is 329 g/mol. The van der Waals surface area contributed by atoms with E-state index in [1.807, 2.05) is 23.1 Å². The molecule has 0 unspecified atom stereocenters. The molecule has 0 spiro atoms. The first-order chi connectivity index (χ1) is 8.24. The van der Waals surface area contributed by atoms with E-state index in [1.165, 1.54) is 12.8 Å². The molecule has 4 heteroatoms. The van der Waals surface area contributed by atoms with Gasteiger partial charge in [0.05, 0.1) is 5.69 Å². The van der Waals surface area contributed by atoms with Gasteiger partial charge in [0.25, 0.3) is 5.91 Å². The number of rotatable bonds is 3. The molecule has 2 aliphatic rings. The molecule has 0 saturated heterocycles. The van der Waals surface area contributed by atoms with Crippen molar-refractivity contribution in [2.45, 2.75) is 19.3 Å². The normalized spacial score (nSPS) is 18.9. The number of halogens is 1. The highest BCUT2D eigenvalue weighted by Gasteiger charge is 2.28. The van der Waals surface area contributed by atoms with Crippen LogP contribution in [0, 0.1) is 9.49 Å². The van der Waals surface area contributed by atoms with Crippen molar-refractivity contribution in [3.63, 3.8) is 0 Å². The Balaban J connectivity index is 1.83. The fourth-order valence-corrected chi connectivity index (χ4v) is 2.60. The van der Waals surface area contributed by atoms with Crippen LogP contribution >= 0.6 is 22.6 Å². The summed E-state index contributed by atoms with van der Waals surface area (Å²) in [6.45, 7) is 1.01. The molecule has 1 aromatic rings. The topological polar surface area (TPSA) is 29.5 Å². The highest BCUT2D eigenvalue weighted by Crippen LogP contribution is 2.36. The Labute approximate surface area is 114 Å². The summed E-state index contributed by atoms with van der Waals surface area (Å²) in [7, 11) is 0. The Kier molecular flexibility index (Phi) is 2.98. The number of benzene rings is 1. The number of amides is 1. The molecule has 1 aliphatic heterocycles. The van der Waals surface area contributed by atoms with Gasteiger partial charge in [-0.1, -0.05) is 12.8 Å². The quantitative estimate of drug-likeness (QED) is 0.790. The second kappa shape index (κ2) is 4.48. The van der Waals surface area contributed by atoms with Crippen LogP contribution in [0.15, 0.2) is 18.2 Å². The fraction of sp³-hybridized carbons (Fsp3) is 0.462. The van der Waals surface area contributed by atoms with E-state index in [4.69, 9.17) is 4.74 Å². The highest BCUT2D eigenvalue weighted by molar-refractivity contribution is 14.1. The van der Waals surface area contributed by atoms with Gasteiger partial charge < -0.3 is 9.64 Å². The third-order valence-electron chi connectivity index (χ3n) is 3.32. The number of fused-ring (bicyclic) bond motifs is 1. The van der Waals surface area contributed by atoms with Crippen LogP contribution in [0.1, 0.15) is 19.3 Å². The van der Waals surface area contributed by atoms with Crippen molar-refractivity contribution in [1.82, 2.24) is 0 Å². The first kappa shape index (κ1) is 11.3. The zero-order valence-electron chi connectivity index (χ0n) is 9.49. The average Bonchev–Trinajstić information content (AvgIpc) is 3.12. The molecule has 17 heavy (non-hydrogen) atoms. The summed E-state index contributed by atoms with van der Waals surface area (Å²) in [5.74, 6) is 1.77. The molecule has 0 N–H and O–H groups in total. The van der Waals surface area contributed by atoms with Crippen molar-refractivity contribution in [2.24, 2.45) is 5.92 Å². The predicted molar refractivity (Wildman–Crippen MR) is 74.3 cm³/mol. The van der Waals surface area contributed by atoms with E-state index >= 15 is 0 Å². The smallest absolute Gasteiger partial charge is 0.265 e. The number of carbonyl (C=O) groups is 1. The van der Waals surface area contributed by atoms with Crippen LogP contribution in [0.25, 0.3) is 0 Å². The average molecular weight is 343 g/mol. The van der Waals surface area contributed by atoms with E-state index in [1.54, 1.807) is 0 Å². The maximum atomic E-state index is 11.9. The van der Waals surface area contributed by atoms with Crippen molar-refractivity contribution >= 4 is 34.2 Å². The second-order valence-corrected chi connectivity index (χ2v) is 5.92. The molecule has 0 bridgehead atoms. The van der Waals surface area contributed by atoms with Crippen LogP contribution in [0.5, 0.6) is 5.75 Å². The molecule has 3 rings (SSSR count). The first-order valence-corrected chi connectivity index (χ1v) is 7.04. The third kappa shape index (κ3) is 2.41. The molecule has 90 valence electrons. The third-order valence-corrected chi connectivity index (χ3v) is 3.99. The van der Waals surface area contributed by atoms with Gasteiger partial charge in [0.15, 0.2) is 6.61 Å². The van der Waals surface area contributed by atoms with Gasteiger partial charge in [-0.05, 0) is 53.1 Å². The molecule has 1 aromatic carbocycles. The number of nitrogens with zero attached hydrogens (tertiary/aromatic N) is 1. The predicted octanol–water partition coefficient (Wildman–Crippen LogP) is 2.82. The SMILES string of the molecule is O=C1COc2cc(I)ccc2N1CCC1CC1. The Hall–Kier alpha value is -0.780. The minimum atomic E-state index is 0.0827. The molecule has 1 aliphatic carbocycles. The monoisotopic (exact) mass is 343 g/mol. The summed E-state index contributed by atoms with van der Waals surface area (Å²) in [6, 6.07) is 6.00. The zero-order valence-corrected chi connectivity index (χ0v) is 11.6. The van der Waals surface area contributed by atoms with Gasteiger partial charge in [-0.15, -0.1) is 0 Å². The van der Waals surface area contributed by atoms with Gasteiger partial charge in [-0.2, -0.15) is 0 Å². The minimum Gasteiger partial charge on any atom is -0.482 e. The summed E-state index contributed by atoms with van der Waals surface area (Å²) < 4.78 is 6.61. The van der Waals surface area contributed by atoms with Crippen LogP contribution in [0.2, 0.25) is 0 Å². The second-order valence-electron chi connectivity index (χ2n) is 4.68. The Bertz CT molecular complexity index is 457. The summed E-state index contributed by atoms with van der Waals surface area (Å²) >= 11 is 2.26. The lowest BCUT2D eigenvalue weighted by Crippen LogP contribution is -2.39. The first-order valence-electron chi connectivity index (χ1n) is 5.97. The largest absolute Gasteiger partial charge is 0.482 e. The van der Waals surface area contributed by atoms with Crippen LogP contribution < -0.4 is 9.64 Å². The molecule has 1 amide bonds. The number of carbonyl (C=O) groups excluding carboxylic acids is 1. The van der Waals surface area contributed by atoms with Crippen molar-refractivity contribution in [1.29, 1.82) is 0 Å². The van der Waals surface area contributed by atoms with Crippen molar-refractivity contribution in [3.8, 4) is 5.75 Å². The lowest BCUT2D eigenvalue weighted by molar-refractivity contribution is -0.121. The number of anilines is 1. The summed E-state index contributed by atoms with van der Waals surface area (Å²) in [6.07, 6.45) is 3.79. The Morgan fingerprint density at radius 3 is 3.00 bits per heavy atom. The number of hydrogen-bond donors (Lipinski definition) is 0. The van der Waals surface area contributed by atoms with E-state index in [-0.39, 0.29) is 12.5 Å². The molecule has 0 aromatic heterocycles. The molecule has 1 saturated carbocycles. The van der Waals surface area contributed by atoms with E-state index in [2.05, 4.69) is 22.6 Å².